The molecule has 0 radical (unpaired) electrons. The summed E-state index contributed by atoms with van der Waals surface area (Å²) >= 11 is 1.83. The highest BCUT2D eigenvalue weighted by molar-refractivity contribution is 7.25. The molecule has 8 aromatic carbocycles. The van der Waals surface area contributed by atoms with Crippen LogP contribution in [0.25, 0.3) is 127 Å². The van der Waals surface area contributed by atoms with Crippen molar-refractivity contribution in [2.24, 2.45) is 0 Å². The van der Waals surface area contributed by atoms with Crippen LogP contribution in [-0.4, -0.2) is 29.5 Å². The predicted octanol–water partition coefficient (Wildman–Crippen LogP) is 14.4. The molecule has 0 aliphatic rings. The molecular weight excluding hydrogens is 793 g/mol. The fourth-order valence-corrected chi connectivity index (χ4v) is 10.1. The molecule has 8 heteroatoms. The number of thiophene rings is 1. The molecule has 5 aromatic heterocycles. The molecular formula is C55H32N6OS. The number of hydrogen-bond acceptors (Lipinski definition) is 7. The first-order valence-corrected chi connectivity index (χ1v) is 21.6. The summed E-state index contributed by atoms with van der Waals surface area (Å²) < 4.78 is 11.4. The van der Waals surface area contributed by atoms with Gasteiger partial charge in [0.15, 0.2) is 28.9 Å². The van der Waals surface area contributed by atoms with Gasteiger partial charge in [-0.2, -0.15) is 0 Å². The Kier molecular flexibility index (Phi) is 7.94. The van der Waals surface area contributed by atoms with Crippen LogP contribution < -0.4 is 0 Å². The number of benzene rings is 8. The Labute approximate surface area is 364 Å². The minimum atomic E-state index is 0.533. The van der Waals surface area contributed by atoms with Crippen LogP contribution in [0.3, 0.4) is 0 Å². The summed E-state index contributed by atoms with van der Waals surface area (Å²) in [5.74, 6) is 2.26. The van der Waals surface area contributed by atoms with E-state index in [2.05, 4.69) is 102 Å². The van der Waals surface area contributed by atoms with Gasteiger partial charge in [0.25, 0.3) is 0 Å². The summed E-state index contributed by atoms with van der Waals surface area (Å²) in [5.41, 5.74) is 10.3. The Hall–Kier alpha value is -8.33. The first kappa shape index (κ1) is 35.4. The van der Waals surface area contributed by atoms with Crippen molar-refractivity contribution in [2.75, 3.05) is 0 Å². The number of hydrogen-bond donors (Lipinski definition) is 0. The topological polar surface area (TPSA) is 82.5 Å². The van der Waals surface area contributed by atoms with Gasteiger partial charge < -0.3 is 8.98 Å². The number of aromatic nitrogens is 6. The van der Waals surface area contributed by atoms with Gasteiger partial charge in [0.1, 0.15) is 16.8 Å². The fraction of sp³-hybridized carbons (Fsp3) is 0. The van der Waals surface area contributed by atoms with Gasteiger partial charge in [0.05, 0.1) is 16.7 Å². The van der Waals surface area contributed by atoms with E-state index < -0.39 is 0 Å². The molecule has 294 valence electrons. The highest BCUT2D eigenvalue weighted by Gasteiger charge is 2.24. The van der Waals surface area contributed by atoms with E-state index >= 15 is 0 Å². The van der Waals surface area contributed by atoms with E-state index in [1.54, 1.807) is 0 Å². The van der Waals surface area contributed by atoms with E-state index in [1.807, 2.05) is 108 Å². The molecule has 13 aromatic rings. The van der Waals surface area contributed by atoms with E-state index in [4.69, 9.17) is 29.3 Å². The van der Waals surface area contributed by atoms with Crippen molar-refractivity contribution in [3.63, 3.8) is 0 Å². The Morgan fingerprint density at radius 2 is 0.984 bits per heavy atom. The third-order valence-electron chi connectivity index (χ3n) is 11.9. The third-order valence-corrected chi connectivity index (χ3v) is 13.0. The molecule has 0 aliphatic heterocycles. The van der Waals surface area contributed by atoms with Crippen LogP contribution in [0.15, 0.2) is 199 Å². The largest absolute Gasteiger partial charge is 0.452 e. The number of nitrogens with zero attached hydrogens (tertiary/aromatic N) is 6. The number of para-hydroxylation sites is 2. The number of furan rings is 1. The molecule has 0 unspecified atom stereocenters. The monoisotopic (exact) mass is 824 g/mol. The van der Waals surface area contributed by atoms with Crippen LogP contribution in [0.5, 0.6) is 0 Å². The average Bonchev–Trinajstić information content (AvgIpc) is 4.02. The van der Waals surface area contributed by atoms with Gasteiger partial charge >= 0.3 is 0 Å². The van der Waals surface area contributed by atoms with Crippen molar-refractivity contribution in [1.82, 2.24) is 29.5 Å². The lowest BCUT2D eigenvalue weighted by molar-refractivity contribution is 0.667. The van der Waals surface area contributed by atoms with Crippen molar-refractivity contribution in [2.45, 2.75) is 0 Å². The molecule has 0 saturated carbocycles. The zero-order valence-corrected chi connectivity index (χ0v) is 34.3. The second-order valence-corrected chi connectivity index (χ2v) is 16.7. The van der Waals surface area contributed by atoms with Gasteiger partial charge in [0, 0.05) is 64.1 Å². The maximum Gasteiger partial charge on any atom is 0.180 e. The van der Waals surface area contributed by atoms with Crippen LogP contribution >= 0.6 is 11.3 Å². The van der Waals surface area contributed by atoms with E-state index in [-0.39, 0.29) is 0 Å². The van der Waals surface area contributed by atoms with Crippen LogP contribution in [0, 0.1) is 0 Å². The molecule has 0 bridgehead atoms. The molecule has 5 heterocycles. The molecule has 0 saturated heterocycles. The minimum Gasteiger partial charge on any atom is -0.452 e. The average molecular weight is 825 g/mol. The van der Waals surface area contributed by atoms with E-state index in [0.717, 1.165) is 66.7 Å². The standard InChI is InChI=1S/C55H32N6OS/c1-4-16-33(17-5-1)49-51-50(39-24-11-14-26-46(39)62-51)57-54(56-49)36-28-29-44(42(30-36)55-59-52(34-18-6-2-7-19-34)58-53(60-55)35-20-8-3-9-21-35)61-43-25-13-10-22-37(43)40-32-48-41(31-45(40)61)38-23-12-15-27-47(38)63-48/h1-32H. The molecule has 0 N–H and O–H groups in total. The predicted molar refractivity (Wildman–Crippen MR) is 257 cm³/mol. The molecule has 0 fully saturated rings. The smallest absolute Gasteiger partial charge is 0.180 e. The normalized spacial score (nSPS) is 11.8. The van der Waals surface area contributed by atoms with E-state index in [9.17, 15) is 0 Å². The maximum atomic E-state index is 6.48. The minimum absolute atomic E-state index is 0.533. The highest BCUT2D eigenvalue weighted by atomic mass is 32.1. The molecule has 63 heavy (non-hydrogen) atoms. The summed E-state index contributed by atoms with van der Waals surface area (Å²) in [6, 6.07) is 66.9. The quantitative estimate of drug-likeness (QED) is 0.166. The zero-order valence-electron chi connectivity index (χ0n) is 33.5. The lowest BCUT2D eigenvalue weighted by Gasteiger charge is -2.16. The third kappa shape index (κ3) is 5.76. The Morgan fingerprint density at radius 1 is 0.381 bits per heavy atom. The second-order valence-electron chi connectivity index (χ2n) is 15.6. The Balaban J connectivity index is 1.13. The van der Waals surface area contributed by atoms with Gasteiger partial charge in [-0.1, -0.05) is 140 Å². The summed E-state index contributed by atoms with van der Waals surface area (Å²) in [6.07, 6.45) is 0. The van der Waals surface area contributed by atoms with Crippen LogP contribution in [0.1, 0.15) is 0 Å². The van der Waals surface area contributed by atoms with Crippen LogP contribution in [-0.2, 0) is 0 Å². The zero-order chi connectivity index (χ0) is 41.4. The SMILES string of the molecule is c1ccc(-c2nc(-c3ccccc3)nc(-c3cc(-c4nc(-c5ccccc5)c5oc6ccccc6c5n4)ccc3-n3c4ccccc4c4cc5sc6ccccc6c5cc43)n2)cc1. The molecule has 13 rings (SSSR count). The Morgan fingerprint density at radius 3 is 1.73 bits per heavy atom. The van der Waals surface area contributed by atoms with Gasteiger partial charge in [-0.05, 0) is 54.6 Å². The molecule has 7 nitrogen and oxygen atoms in total. The van der Waals surface area contributed by atoms with Crippen molar-refractivity contribution < 1.29 is 4.42 Å². The molecule has 0 amide bonds. The lowest BCUT2D eigenvalue weighted by atomic mass is 10.0. The van der Waals surface area contributed by atoms with E-state index in [0.29, 0.717) is 28.9 Å². The highest BCUT2D eigenvalue weighted by Crippen LogP contribution is 2.43. The summed E-state index contributed by atoms with van der Waals surface area (Å²) in [6.45, 7) is 0. The summed E-state index contributed by atoms with van der Waals surface area (Å²) in [7, 11) is 0. The van der Waals surface area contributed by atoms with Crippen molar-refractivity contribution in [3.05, 3.63) is 194 Å². The number of rotatable bonds is 6. The summed E-state index contributed by atoms with van der Waals surface area (Å²) in [4.78, 5) is 26.2. The van der Waals surface area contributed by atoms with Crippen molar-refractivity contribution in [3.8, 4) is 62.5 Å². The molecule has 0 spiro atoms. The van der Waals surface area contributed by atoms with E-state index in [1.165, 1.54) is 30.9 Å². The van der Waals surface area contributed by atoms with Gasteiger partial charge in [-0.25, -0.2) is 24.9 Å². The first-order valence-electron chi connectivity index (χ1n) is 20.8. The van der Waals surface area contributed by atoms with Crippen molar-refractivity contribution in [1.29, 1.82) is 0 Å². The van der Waals surface area contributed by atoms with Gasteiger partial charge in [-0.3, -0.25) is 0 Å². The van der Waals surface area contributed by atoms with Crippen molar-refractivity contribution >= 4 is 75.4 Å². The van der Waals surface area contributed by atoms with Gasteiger partial charge in [0.2, 0.25) is 0 Å². The summed E-state index contributed by atoms with van der Waals surface area (Å²) in [5, 5.41) is 5.75. The first-order chi connectivity index (χ1) is 31.2. The van der Waals surface area contributed by atoms with Crippen LogP contribution in [0.2, 0.25) is 0 Å². The van der Waals surface area contributed by atoms with Crippen LogP contribution in [0.4, 0.5) is 0 Å². The lowest BCUT2D eigenvalue weighted by Crippen LogP contribution is -2.04. The second kappa shape index (κ2) is 14.1. The Bertz CT molecular complexity index is 3860. The molecule has 0 aliphatic carbocycles. The molecule has 0 atom stereocenters. The number of fused-ring (bicyclic) bond motifs is 9. The maximum absolute atomic E-state index is 6.48. The fourth-order valence-electron chi connectivity index (χ4n) is 8.94. The van der Waals surface area contributed by atoms with Gasteiger partial charge in [-0.15, -0.1) is 11.3 Å².